The molecule has 1 aliphatic heterocycles. The maximum absolute atomic E-state index is 3.90. The zero-order valence-corrected chi connectivity index (χ0v) is 7.68. The van der Waals surface area contributed by atoms with E-state index in [1.54, 1.807) is 0 Å². The summed E-state index contributed by atoms with van der Waals surface area (Å²) >= 11 is 0. The van der Waals surface area contributed by atoms with E-state index in [1.807, 2.05) is 6.08 Å². The summed E-state index contributed by atoms with van der Waals surface area (Å²) in [5.41, 5.74) is 1.15. The van der Waals surface area contributed by atoms with E-state index in [0.29, 0.717) is 0 Å². The lowest BCUT2D eigenvalue weighted by Gasteiger charge is -2.27. The maximum Gasteiger partial charge on any atom is 0.0108 e. The van der Waals surface area contributed by atoms with Crippen LogP contribution in [0.2, 0.25) is 0 Å². The average Bonchev–Trinajstić information content (AvgIpc) is 2.16. The van der Waals surface area contributed by atoms with Crippen LogP contribution in [0.3, 0.4) is 0 Å². The Morgan fingerprint density at radius 2 is 2.08 bits per heavy atom. The summed E-state index contributed by atoms with van der Waals surface area (Å²) in [6.07, 6.45) is 2.91. The van der Waals surface area contributed by atoms with Crippen LogP contribution in [0.4, 0.5) is 0 Å². The van der Waals surface area contributed by atoms with Gasteiger partial charge in [-0.2, -0.15) is 0 Å². The molecule has 0 radical (unpaired) electrons. The van der Waals surface area contributed by atoms with Gasteiger partial charge in [-0.15, -0.1) is 0 Å². The summed E-state index contributed by atoms with van der Waals surface area (Å²) in [5, 5.41) is 3.33. The first-order valence-electron chi connectivity index (χ1n) is 4.56. The van der Waals surface area contributed by atoms with Gasteiger partial charge in [-0.3, -0.25) is 0 Å². The van der Waals surface area contributed by atoms with Crippen molar-refractivity contribution in [3.8, 4) is 0 Å². The molecule has 1 rings (SSSR count). The molecule has 1 fully saturated rings. The molecule has 1 aliphatic rings. The molecule has 0 bridgehead atoms. The third kappa shape index (κ3) is 3.20. The second-order valence-electron chi connectivity index (χ2n) is 3.20. The van der Waals surface area contributed by atoms with E-state index in [1.165, 1.54) is 13.1 Å². The van der Waals surface area contributed by atoms with E-state index in [-0.39, 0.29) is 0 Å². The lowest BCUT2D eigenvalue weighted by Crippen LogP contribution is -2.43. The number of nitrogens with zero attached hydrogens (tertiary/aromatic N) is 1. The fraction of sp³-hybridized carbons (Fsp3) is 0.600. The maximum atomic E-state index is 3.90. The van der Waals surface area contributed by atoms with Crippen LogP contribution in [0.5, 0.6) is 0 Å². The van der Waals surface area contributed by atoms with Crippen molar-refractivity contribution in [3.05, 3.63) is 24.8 Å². The van der Waals surface area contributed by atoms with Crippen molar-refractivity contribution in [1.82, 2.24) is 10.2 Å². The Morgan fingerprint density at radius 1 is 1.42 bits per heavy atom. The molecule has 2 heteroatoms. The van der Waals surface area contributed by atoms with Crippen molar-refractivity contribution in [2.75, 3.05) is 32.7 Å². The summed E-state index contributed by atoms with van der Waals surface area (Å²) in [4.78, 5) is 2.46. The van der Waals surface area contributed by atoms with Crippen LogP contribution in [-0.2, 0) is 0 Å². The Labute approximate surface area is 74.9 Å². The third-order valence-electron chi connectivity index (χ3n) is 2.25. The number of nitrogens with one attached hydrogen (secondary N) is 1. The van der Waals surface area contributed by atoms with Crippen molar-refractivity contribution >= 4 is 0 Å². The first-order chi connectivity index (χ1) is 5.83. The molecule has 0 atom stereocenters. The van der Waals surface area contributed by atoms with Gasteiger partial charge in [0.25, 0.3) is 0 Å². The molecule has 0 amide bonds. The van der Waals surface area contributed by atoms with E-state index >= 15 is 0 Å². The minimum atomic E-state index is 1.06. The molecule has 0 aromatic carbocycles. The molecule has 1 heterocycles. The van der Waals surface area contributed by atoms with Gasteiger partial charge < -0.3 is 10.2 Å². The highest BCUT2D eigenvalue weighted by Gasteiger charge is 2.07. The molecule has 2 nitrogen and oxygen atoms in total. The van der Waals surface area contributed by atoms with Gasteiger partial charge in [0.2, 0.25) is 0 Å². The van der Waals surface area contributed by atoms with Crippen LogP contribution in [-0.4, -0.2) is 37.6 Å². The Balaban J connectivity index is 2.12. The minimum absolute atomic E-state index is 1.06. The molecule has 0 spiro atoms. The second-order valence-corrected chi connectivity index (χ2v) is 3.20. The van der Waals surface area contributed by atoms with E-state index in [4.69, 9.17) is 0 Å². The number of hydrogen-bond donors (Lipinski definition) is 1. The zero-order valence-electron chi connectivity index (χ0n) is 7.68. The Kier molecular flexibility index (Phi) is 4.05. The molecule has 0 saturated carbocycles. The molecule has 0 aromatic heterocycles. The molecule has 0 aliphatic carbocycles. The van der Waals surface area contributed by atoms with E-state index in [0.717, 1.165) is 31.6 Å². The SMILES string of the molecule is C=CC(=C)CCN1CCNCC1. The van der Waals surface area contributed by atoms with Gasteiger partial charge in [0.1, 0.15) is 0 Å². The molecule has 0 aromatic rings. The van der Waals surface area contributed by atoms with Crippen LogP contribution in [0.15, 0.2) is 24.8 Å². The third-order valence-corrected chi connectivity index (χ3v) is 2.25. The second kappa shape index (κ2) is 5.12. The van der Waals surface area contributed by atoms with Crippen molar-refractivity contribution in [1.29, 1.82) is 0 Å². The van der Waals surface area contributed by atoms with Crippen LogP contribution >= 0.6 is 0 Å². The fourth-order valence-electron chi connectivity index (χ4n) is 1.34. The number of hydrogen-bond acceptors (Lipinski definition) is 2. The van der Waals surface area contributed by atoms with Gasteiger partial charge in [-0.25, -0.2) is 0 Å². The van der Waals surface area contributed by atoms with Crippen LogP contribution < -0.4 is 5.32 Å². The molecular formula is C10H18N2. The Morgan fingerprint density at radius 3 is 2.67 bits per heavy atom. The van der Waals surface area contributed by atoms with Crippen LogP contribution in [0.1, 0.15) is 6.42 Å². The summed E-state index contributed by atoms with van der Waals surface area (Å²) < 4.78 is 0. The highest BCUT2D eigenvalue weighted by atomic mass is 15.2. The van der Waals surface area contributed by atoms with E-state index in [9.17, 15) is 0 Å². The minimum Gasteiger partial charge on any atom is -0.314 e. The van der Waals surface area contributed by atoms with Gasteiger partial charge in [-0.05, 0) is 6.42 Å². The lowest BCUT2D eigenvalue weighted by atomic mass is 10.2. The molecular weight excluding hydrogens is 148 g/mol. The summed E-state index contributed by atoms with van der Waals surface area (Å²) in [6, 6.07) is 0. The van der Waals surface area contributed by atoms with Gasteiger partial charge in [0.05, 0.1) is 0 Å². The standard InChI is InChI=1S/C10H18N2/c1-3-10(2)4-7-12-8-5-11-6-9-12/h3,11H,1-2,4-9H2. The average molecular weight is 166 g/mol. The van der Waals surface area contributed by atoms with Gasteiger partial charge in [-0.1, -0.05) is 24.8 Å². The Bertz CT molecular complexity index is 157. The number of allylic oxidation sites excluding steroid dienone is 1. The summed E-state index contributed by atoms with van der Waals surface area (Å²) in [5.74, 6) is 0. The number of rotatable bonds is 4. The smallest absolute Gasteiger partial charge is 0.0108 e. The summed E-state index contributed by atoms with van der Waals surface area (Å²) in [7, 11) is 0. The van der Waals surface area contributed by atoms with E-state index < -0.39 is 0 Å². The van der Waals surface area contributed by atoms with Crippen molar-refractivity contribution in [2.45, 2.75) is 6.42 Å². The van der Waals surface area contributed by atoms with Crippen LogP contribution in [0.25, 0.3) is 0 Å². The van der Waals surface area contributed by atoms with Gasteiger partial charge >= 0.3 is 0 Å². The zero-order chi connectivity index (χ0) is 8.81. The lowest BCUT2D eigenvalue weighted by molar-refractivity contribution is 0.244. The molecule has 0 unspecified atom stereocenters. The highest BCUT2D eigenvalue weighted by molar-refractivity contribution is 5.10. The van der Waals surface area contributed by atoms with Gasteiger partial charge in [0, 0.05) is 32.7 Å². The number of piperazine rings is 1. The molecule has 1 saturated heterocycles. The topological polar surface area (TPSA) is 15.3 Å². The van der Waals surface area contributed by atoms with E-state index in [2.05, 4.69) is 23.4 Å². The van der Waals surface area contributed by atoms with Crippen molar-refractivity contribution in [2.24, 2.45) is 0 Å². The molecule has 68 valence electrons. The first kappa shape index (κ1) is 9.49. The molecule has 12 heavy (non-hydrogen) atoms. The van der Waals surface area contributed by atoms with Crippen LogP contribution in [0, 0.1) is 0 Å². The van der Waals surface area contributed by atoms with Crippen molar-refractivity contribution < 1.29 is 0 Å². The first-order valence-corrected chi connectivity index (χ1v) is 4.56. The largest absolute Gasteiger partial charge is 0.314 e. The van der Waals surface area contributed by atoms with Gasteiger partial charge in [0.15, 0.2) is 0 Å². The normalized spacial score (nSPS) is 19.0. The highest BCUT2D eigenvalue weighted by Crippen LogP contribution is 2.01. The van der Waals surface area contributed by atoms with Crippen molar-refractivity contribution in [3.63, 3.8) is 0 Å². The Hall–Kier alpha value is -0.600. The fourth-order valence-corrected chi connectivity index (χ4v) is 1.34. The molecule has 1 N–H and O–H groups in total. The predicted octanol–water partition coefficient (Wildman–Crippen LogP) is 1.02. The quantitative estimate of drug-likeness (QED) is 0.627. The monoisotopic (exact) mass is 166 g/mol. The predicted molar refractivity (Wildman–Crippen MR) is 53.3 cm³/mol. The summed E-state index contributed by atoms with van der Waals surface area (Å²) in [6.45, 7) is 13.3.